The largest absolute Gasteiger partial charge is 0.352 e. The van der Waals surface area contributed by atoms with Crippen molar-refractivity contribution in [1.82, 2.24) is 5.16 Å². The molecule has 3 rings (SSSR count). The van der Waals surface area contributed by atoms with Crippen LogP contribution < -0.4 is 5.32 Å². The molecule has 1 amide bonds. The summed E-state index contributed by atoms with van der Waals surface area (Å²) in [5, 5.41) is 7.94. The van der Waals surface area contributed by atoms with Gasteiger partial charge < -0.3 is 9.84 Å². The van der Waals surface area contributed by atoms with Crippen molar-refractivity contribution < 1.29 is 9.32 Å². The molecule has 0 aliphatic rings. The number of fused-ring (bicyclic) bond motifs is 1. The molecule has 0 atom stereocenters. The third-order valence-corrected chi connectivity index (χ3v) is 3.80. The lowest BCUT2D eigenvalue weighted by molar-refractivity contribution is 0.102. The molecule has 4 nitrogen and oxygen atoms in total. The lowest BCUT2D eigenvalue weighted by atomic mass is 10.2. The van der Waals surface area contributed by atoms with Crippen LogP contribution in [0.4, 0.5) is 5.82 Å². The Balaban J connectivity index is 1.99. The standard InChI is InChI=1S/C14H7Cl3N2O2/c15-8-4-2-5-9(16)11(8)14(20)18-13-7-3-1-6-10(17)12(7)21-19-13/h1-6H,(H,18,19,20). The Labute approximate surface area is 134 Å². The minimum Gasteiger partial charge on any atom is -0.352 e. The van der Waals surface area contributed by atoms with Crippen molar-refractivity contribution in [2.24, 2.45) is 0 Å². The number of benzene rings is 2. The Morgan fingerprint density at radius 2 is 1.62 bits per heavy atom. The molecule has 0 unspecified atom stereocenters. The first-order valence-electron chi connectivity index (χ1n) is 5.87. The first-order chi connectivity index (χ1) is 10.1. The summed E-state index contributed by atoms with van der Waals surface area (Å²) in [5.41, 5.74) is 0.582. The fourth-order valence-electron chi connectivity index (χ4n) is 1.90. The zero-order chi connectivity index (χ0) is 15.0. The second-order valence-electron chi connectivity index (χ2n) is 4.20. The molecule has 0 radical (unpaired) electrons. The maximum atomic E-state index is 12.3. The van der Waals surface area contributed by atoms with Gasteiger partial charge in [-0.3, -0.25) is 4.79 Å². The highest BCUT2D eigenvalue weighted by Crippen LogP contribution is 2.30. The van der Waals surface area contributed by atoms with Gasteiger partial charge in [0.05, 0.1) is 26.0 Å². The number of hydrogen-bond acceptors (Lipinski definition) is 3. The van der Waals surface area contributed by atoms with Gasteiger partial charge in [-0.15, -0.1) is 0 Å². The van der Waals surface area contributed by atoms with Gasteiger partial charge in [-0.1, -0.05) is 52.1 Å². The van der Waals surface area contributed by atoms with Gasteiger partial charge in [-0.25, -0.2) is 0 Å². The molecule has 106 valence electrons. The molecule has 1 aromatic heterocycles. The number of hydrogen-bond donors (Lipinski definition) is 1. The van der Waals surface area contributed by atoms with E-state index < -0.39 is 5.91 Å². The molecule has 0 aliphatic carbocycles. The van der Waals surface area contributed by atoms with Crippen molar-refractivity contribution in [1.29, 1.82) is 0 Å². The maximum Gasteiger partial charge on any atom is 0.259 e. The average Bonchev–Trinajstić information content (AvgIpc) is 2.83. The number of anilines is 1. The van der Waals surface area contributed by atoms with Gasteiger partial charge in [0.1, 0.15) is 0 Å². The maximum absolute atomic E-state index is 12.3. The highest BCUT2D eigenvalue weighted by Gasteiger charge is 2.18. The SMILES string of the molecule is O=C(Nc1noc2c(Cl)cccc12)c1c(Cl)cccc1Cl. The van der Waals surface area contributed by atoms with Crippen LogP contribution >= 0.6 is 34.8 Å². The smallest absolute Gasteiger partial charge is 0.259 e. The van der Waals surface area contributed by atoms with Gasteiger partial charge in [0, 0.05) is 0 Å². The van der Waals surface area contributed by atoms with E-state index in [-0.39, 0.29) is 21.4 Å². The first-order valence-corrected chi connectivity index (χ1v) is 7.00. The normalized spacial score (nSPS) is 10.8. The second-order valence-corrected chi connectivity index (χ2v) is 5.42. The topological polar surface area (TPSA) is 55.1 Å². The highest BCUT2D eigenvalue weighted by atomic mass is 35.5. The molecule has 7 heteroatoms. The molecule has 2 aromatic carbocycles. The summed E-state index contributed by atoms with van der Waals surface area (Å²) in [6.07, 6.45) is 0. The van der Waals surface area contributed by atoms with Gasteiger partial charge in [0.15, 0.2) is 11.4 Å². The number of amides is 1. The summed E-state index contributed by atoms with van der Waals surface area (Å²) in [7, 11) is 0. The van der Waals surface area contributed by atoms with Crippen LogP contribution in [0.5, 0.6) is 0 Å². The molecule has 0 aliphatic heterocycles. The molecule has 3 aromatic rings. The Morgan fingerprint density at radius 1 is 1.00 bits per heavy atom. The van der Waals surface area contributed by atoms with Crippen LogP contribution in [0.2, 0.25) is 15.1 Å². The number of aromatic nitrogens is 1. The van der Waals surface area contributed by atoms with E-state index in [1.807, 2.05) is 0 Å². The van der Waals surface area contributed by atoms with Gasteiger partial charge in [-0.2, -0.15) is 0 Å². The Morgan fingerprint density at radius 3 is 2.33 bits per heavy atom. The molecule has 0 fully saturated rings. The van der Waals surface area contributed by atoms with Gasteiger partial charge in [0.2, 0.25) is 0 Å². The monoisotopic (exact) mass is 340 g/mol. The summed E-state index contributed by atoms with van der Waals surface area (Å²) in [4.78, 5) is 12.3. The fourth-order valence-corrected chi connectivity index (χ4v) is 2.68. The van der Waals surface area contributed by atoms with Crippen molar-refractivity contribution >= 4 is 57.5 Å². The number of carbonyl (C=O) groups excluding carboxylic acids is 1. The summed E-state index contributed by atoms with van der Waals surface area (Å²) < 4.78 is 5.11. The second kappa shape index (κ2) is 5.56. The van der Waals surface area contributed by atoms with Crippen molar-refractivity contribution in [2.75, 3.05) is 5.32 Å². The van der Waals surface area contributed by atoms with Gasteiger partial charge in [0.25, 0.3) is 5.91 Å². The van der Waals surface area contributed by atoms with E-state index in [2.05, 4.69) is 10.5 Å². The molecular weight excluding hydrogens is 335 g/mol. The predicted molar refractivity (Wildman–Crippen MR) is 83.4 cm³/mol. The van der Waals surface area contributed by atoms with E-state index >= 15 is 0 Å². The molecular formula is C14H7Cl3N2O2. The minimum atomic E-state index is -0.472. The third kappa shape index (κ3) is 2.58. The molecule has 0 saturated heterocycles. The van der Waals surface area contributed by atoms with Crippen LogP contribution in [0.1, 0.15) is 10.4 Å². The average molecular weight is 342 g/mol. The van der Waals surface area contributed by atoms with Crippen LogP contribution in [0.15, 0.2) is 40.9 Å². The molecule has 0 spiro atoms. The van der Waals surface area contributed by atoms with Crippen LogP contribution in [0.3, 0.4) is 0 Å². The van der Waals surface area contributed by atoms with Gasteiger partial charge >= 0.3 is 0 Å². The number of nitrogens with one attached hydrogen (secondary N) is 1. The molecule has 0 saturated carbocycles. The quantitative estimate of drug-likeness (QED) is 0.710. The van der Waals surface area contributed by atoms with Crippen molar-refractivity contribution in [3.63, 3.8) is 0 Å². The number of para-hydroxylation sites is 1. The van der Waals surface area contributed by atoms with E-state index in [0.717, 1.165) is 0 Å². The first kappa shape index (κ1) is 14.2. The zero-order valence-corrected chi connectivity index (χ0v) is 12.6. The molecule has 0 bridgehead atoms. The fraction of sp³-hybridized carbons (Fsp3) is 0. The van der Waals surface area contributed by atoms with Gasteiger partial charge in [-0.05, 0) is 24.3 Å². The van der Waals surface area contributed by atoms with E-state index in [0.29, 0.717) is 16.0 Å². The Kier molecular flexibility index (Phi) is 3.76. The third-order valence-electron chi connectivity index (χ3n) is 2.87. The molecule has 1 N–H and O–H groups in total. The zero-order valence-electron chi connectivity index (χ0n) is 10.4. The van der Waals surface area contributed by atoms with E-state index in [1.165, 1.54) is 0 Å². The van der Waals surface area contributed by atoms with Crippen molar-refractivity contribution in [3.05, 3.63) is 57.0 Å². The number of carbonyl (C=O) groups is 1. The van der Waals surface area contributed by atoms with E-state index in [4.69, 9.17) is 39.3 Å². The lowest BCUT2D eigenvalue weighted by Crippen LogP contribution is -2.13. The highest BCUT2D eigenvalue weighted by molar-refractivity contribution is 6.40. The number of nitrogens with zero attached hydrogens (tertiary/aromatic N) is 1. The lowest BCUT2D eigenvalue weighted by Gasteiger charge is -2.06. The summed E-state index contributed by atoms with van der Waals surface area (Å²) in [5.74, 6) is -0.214. The molecule has 21 heavy (non-hydrogen) atoms. The Bertz CT molecular complexity index is 825. The summed E-state index contributed by atoms with van der Waals surface area (Å²) in [6, 6.07) is 9.97. The Hall–Kier alpha value is -1.75. The van der Waals surface area contributed by atoms with Crippen molar-refractivity contribution in [2.45, 2.75) is 0 Å². The number of rotatable bonds is 2. The van der Waals surface area contributed by atoms with Crippen LogP contribution in [0.25, 0.3) is 11.0 Å². The summed E-state index contributed by atoms with van der Waals surface area (Å²) in [6.45, 7) is 0. The number of halogens is 3. The van der Waals surface area contributed by atoms with E-state index in [1.54, 1.807) is 36.4 Å². The molecule has 1 heterocycles. The predicted octanol–water partition coefficient (Wildman–Crippen LogP) is 5.04. The van der Waals surface area contributed by atoms with Crippen LogP contribution in [0, 0.1) is 0 Å². The summed E-state index contributed by atoms with van der Waals surface area (Å²) >= 11 is 18.0. The van der Waals surface area contributed by atoms with Crippen LogP contribution in [-0.2, 0) is 0 Å². The minimum absolute atomic E-state index is 0.180. The van der Waals surface area contributed by atoms with Crippen molar-refractivity contribution in [3.8, 4) is 0 Å². The van der Waals surface area contributed by atoms with E-state index in [9.17, 15) is 4.79 Å². The van der Waals surface area contributed by atoms with Crippen LogP contribution in [-0.4, -0.2) is 11.1 Å².